The van der Waals surface area contributed by atoms with Gasteiger partial charge in [0, 0.05) is 57.3 Å². The number of nitrogens with zero attached hydrogens (tertiary/aromatic N) is 4. The Morgan fingerprint density at radius 3 is 1.98 bits per heavy atom. The molecule has 0 radical (unpaired) electrons. The first kappa shape index (κ1) is 28.8. The number of hydrogen-bond donors (Lipinski definition) is 0. The van der Waals surface area contributed by atoms with Crippen LogP contribution in [0.1, 0.15) is 88.2 Å². The van der Waals surface area contributed by atoms with Crippen molar-refractivity contribution in [3.05, 3.63) is 83.6 Å². The minimum atomic E-state index is -0.0756. The topological polar surface area (TPSA) is 29.8 Å². The van der Waals surface area contributed by atoms with Crippen LogP contribution < -0.4 is 0 Å². The lowest BCUT2D eigenvalue weighted by molar-refractivity contribution is -0.588. The molecular formula is C38H51N4O+. The van der Waals surface area contributed by atoms with Crippen LogP contribution in [0.5, 0.6) is 0 Å². The Bertz CT molecular complexity index is 1290. The van der Waals surface area contributed by atoms with Crippen LogP contribution in [0.15, 0.2) is 72.4 Å². The molecule has 5 aliphatic heterocycles. The first-order valence-electron chi connectivity index (χ1n) is 17.1. The van der Waals surface area contributed by atoms with Crippen molar-refractivity contribution in [3.8, 4) is 0 Å². The molecule has 2 bridgehead atoms. The monoisotopic (exact) mass is 579 g/mol. The summed E-state index contributed by atoms with van der Waals surface area (Å²) >= 11 is 0. The lowest BCUT2D eigenvalue weighted by Crippen LogP contribution is -2.57. The number of fused-ring (bicyclic) bond motifs is 4. The Hall–Kier alpha value is -2.92. The summed E-state index contributed by atoms with van der Waals surface area (Å²) in [6, 6.07) is 22.5. The molecule has 6 aliphatic rings. The molecule has 2 aromatic carbocycles. The van der Waals surface area contributed by atoms with Crippen LogP contribution in [0.2, 0.25) is 0 Å². The highest BCUT2D eigenvalue weighted by atomic mass is 16.2. The van der Waals surface area contributed by atoms with Gasteiger partial charge in [-0.15, -0.1) is 0 Å². The third-order valence-corrected chi connectivity index (χ3v) is 11.6. The smallest absolute Gasteiger partial charge is 0.288 e. The second-order valence-electron chi connectivity index (χ2n) is 14.8. The second-order valence-corrected chi connectivity index (χ2v) is 14.8. The van der Waals surface area contributed by atoms with Gasteiger partial charge in [0.05, 0.1) is 6.42 Å². The van der Waals surface area contributed by atoms with Crippen molar-refractivity contribution in [2.24, 2.45) is 5.92 Å². The molecule has 2 unspecified atom stereocenters. The van der Waals surface area contributed by atoms with Gasteiger partial charge in [0.1, 0.15) is 0 Å². The molecule has 2 aromatic rings. The first-order valence-corrected chi connectivity index (χ1v) is 17.1. The zero-order valence-corrected chi connectivity index (χ0v) is 26.5. The van der Waals surface area contributed by atoms with E-state index in [0.717, 1.165) is 45.4 Å². The Morgan fingerprint density at radius 1 is 0.814 bits per heavy atom. The minimum Gasteiger partial charge on any atom is -0.374 e. The van der Waals surface area contributed by atoms with E-state index in [4.69, 9.17) is 0 Å². The summed E-state index contributed by atoms with van der Waals surface area (Å²) in [5, 5.41) is 0. The second kappa shape index (κ2) is 11.9. The molecule has 5 fully saturated rings. The molecule has 5 heteroatoms. The van der Waals surface area contributed by atoms with E-state index in [1.165, 1.54) is 62.0 Å². The van der Waals surface area contributed by atoms with Crippen LogP contribution >= 0.6 is 0 Å². The Kier molecular flexibility index (Phi) is 7.96. The fourth-order valence-corrected chi connectivity index (χ4v) is 9.31. The number of piperidine rings is 1. The van der Waals surface area contributed by atoms with E-state index in [1.807, 2.05) is 0 Å². The summed E-state index contributed by atoms with van der Waals surface area (Å²) < 4.78 is 2.33. The van der Waals surface area contributed by atoms with Crippen molar-refractivity contribution in [2.75, 3.05) is 45.8 Å². The summed E-state index contributed by atoms with van der Waals surface area (Å²) in [5.74, 6) is 1.62. The van der Waals surface area contributed by atoms with E-state index >= 15 is 0 Å². The van der Waals surface area contributed by atoms with Crippen LogP contribution in [0, 0.1) is 5.92 Å². The Morgan fingerprint density at radius 2 is 1.40 bits per heavy atom. The van der Waals surface area contributed by atoms with E-state index in [-0.39, 0.29) is 11.1 Å². The number of allylic oxidation sites excluding steroid dienone is 1. The molecule has 228 valence electrons. The van der Waals surface area contributed by atoms with Crippen LogP contribution in [-0.2, 0) is 4.79 Å². The average Bonchev–Trinajstić information content (AvgIpc) is 3.47. The number of amides is 1. The molecule has 0 aromatic heterocycles. The highest BCUT2D eigenvalue weighted by molar-refractivity contribution is 5.79. The SMILES string of the molecule is CC1(C)CC(N2CCCCC2)=CC=[N+]1CC(=O)N1CC2C(c3ccccc3)CC(N3CCCC3)(CC2c2ccccc2)C1. The highest BCUT2D eigenvalue weighted by Gasteiger charge is 2.55. The van der Waals surface area contributed by atoms with Gasteiger partial charge in [-0.25, -0.2) is 4.58 Å². The zero-order chi connectivity index (χ0) is 29.4. The van der Waals surface area contributed by atoms with Crippen molar-refractivity contribution < 1.29 is 9.37 Å². The molecule has 0 spiro atoms. The standard InChI is InChI=1S/C38H51N4O/c1-37(2)24-32(39-19-10-5-11-20-39)18-23-42(37)28-36(43)40-27-35-33(30-14-6-3-7-15-30)25-38(29-40,41-21-12-13-22-41)26-34(35)31-16-8-4-9-17-31/h3-4,6-9,14-18,23,33-35H,5,10-13,19-22,24-29H2,1-2H3/q+1. The predicted octanol–water partition coefficient (Wildman–Crippen LogP) is 6.28. The Balaban J connectivity index is 1.21. The van der Waals surface area contributed by atoms with E-state index in [0.29, 0.717) is 30.2 Å². The van der Waals surface area contributed by atoms with Gasteiger partial charge < -0.3 is 9.80 Å². The van der Waals surface area contributed by atoms with Crippen LogP contribution in [-0.4, -0.2) is 88.3 Å². The van der Waals surface area contributed by atoms with E-state index in [9.17, 15) is 4.79 Å². The predicted molar refractivity (Wildman–Crippen MR) is 175 cm³/mol. The van der Waals surface area contributed by atoms with Crippen molar-refractivity contribution in [1.82, 2.24) is 14.7 Å². The van der Waals surface area contributed by atoms with Crippen molar-refractivity contribution in [3.63, 3.8) is 0 Å². The number of likely N-dealkylation sites (tertiary alicyclic amines) is 2. The molecule has 8 rings (SSSR count). The van der Waals surface area contributed by atoms with Crippen LogP contribution in [0.25, 0.3) is 0 Å². The normalized spacial score (nSPS) is 31.0. The van der Waals surface area contributed by atoms with Gasteiger partial charge in [0.15, 0.2) is 11.8 Å². The molecule has 0 N–H and O–H groups in total. The quantitative estimate of drug-likeness (QED) is 0.378. The lowest BCUT2D eigenvalue weighted by atomic mass is 9.61. The van der Waals surface area contributed by atoms with Gasteiger partial charge in [0.2, 0.25) is 6.54 Å². The molecular weight excluding hydrogens is 528 g/mol. The van der Waals surface area contributed by atoms with Gasteiger partial charge in [-0.2, -0.15) is 0 Å². The maximum atomic E-state index is 14.5. The number of hydrogen-bond acceptors (Lipinski definition) is 3. The lowest BCUT2D eigenvalue weighted by Gasteiger charge is -2.50. The van der Waals surface area contributed by atoms with Crippen molar-refractivity contribution in [2.45, 2.75) is 88.1 Å². The molecule has 5 heterocycles. The van der Waals surface area contributed by atoms with Crippen LogP contribution in [0.4, 0.5) is 0 Å². The molecule has 1 amide bonds. The van der Waals surface area contributed by atoms with E-state index in [1.54, 1.807) is 0 Å². The number of carbonyl (C=O) groups is 1. The first-order chi connectivity index (χ1) is 20.9. The molecule has 1 saturated carbocycles. The number of carbonyl (C=O) groups excluding carboxylic acids is 1. The summed E-state index contributed by atoms with van der Waals surface area (Å²) in [6.45, 7) is 11.5. The Labute approximate surface area is 259 Å². The van der Waals surface area contributed by atoms with E-state index in [2.05, 4.69) is 106 Å². The molecule has 4 saturated heterocycles. The summed E-state index contributed by atoms with van der Waals surface area (Å²) in [4.78, 5) is 22.2. The van der Waals surface area contributed by atoms with E-state index < -0.39 is 0 Å². The number of rotatable bonds is 6. The minimum absolute atomic E-state index is 0.0165. The van der Waals surface area contributed by atoms with Crippen LogP contribution in [0.3, 0.4) is 0 Å². The van der Waals surface area contributed by atoms with Crippen molar-refractivity contribution >= 4 is 12.1 Å². The van der Waals surface area contributed by atoms with Gasteiger partial charge in [-0.1, -0.05) is 60.7 Å². The summed E-state index contributed by atoms with van der Waals surface area (Å²) in [7, 11) is 0. The average molecular weight is 580 g/mol. The number of benzene rings is 2. The van der Waals surface area contributed by atoms with Gasteiger partial charge in [-0.05, 0) is 86.9 Å². The third kappa shape index (κ3) is 5.70. The van der Waals surface area contributed by atoms with Crippen molar-refractivity contribution in [1.29, 1.82) is 0 Å². The molecule has 2 atom stereocenters. The maximum absolute atomic E-state index is 14.5. The largest absolute Gasteiger partial charge is 0.374 e. The van der Waals surface area contributed by atoms with Gasteiger partial charge >= 0.3 is 0 Å². The van der Waals surface area contributed by atoms with Gasteiger partial charge in [0.25, 0.3) is 5.91 Å². The highest BCUT2D eigenvalue weighted by Crippen LogP contribution is 2.55. The third-order valence-electron chi connectivity index (χ3n) is 11.6. The maximum Gasteiger partial charge on any atom is 0.288 e. The molecule has 1 aliphatic carbocycles. The fourth-order valence-electron chi connectivity index (χ4n) is 9.31. The zero-order valence-electron chi connectivity index (χ0n) is 26.5. The molecule has 5 nitrogen and oxygen atoms in total. The summed E-state index contributed by atoms with van der Waals surface area (Å²) in [6.07, 6.45) is 14.3. The summed E-state index contributed by atoms with van der Waals surface area (Å²) in [5.41, 5.74) is 4.29. The molecule has 43 heavy (non-hydrogen) atoms. The van der Waals surface area contributed by atoms with Gasteiger partial charge in [-0.3, -0.25) is 9.69 Å². The fraction of sp³-hybridized carbons (Fsp3) is 0.579.